The number of carbonyl (C=O) groups excluding carboxylic acids is 1. The second-order valence-electron chi connectivity index (χ2n) is 5.33. The summed E-state index contributed by atoms with van der Waals surface area (Å²) in [6.07, 6.45) is 0. The zero-order valence-corrected chi connectivity index (χ0v) is 14.3. The highest BCUT2D eigenvalue weighted by atomic mass is 16.9. The van der Waals surface area contributed by atoms with E-state index in [-0.39, 0.29) is 18.7 Å². The van der Waals surface area contributed by atoms with Gasteiger partial charge < -0.3 is 19.0 Å². The van der Waals surface area contributed by atoms with E-state index in [1.165, 1.54) is 0 Å². The lowest BCUT2D eigenvalue weighted by Gasteiger charge is -2.35. The Morgan fingerprint density at radius 2 is 2.16 bits per heavy atom. The molecule has 1 saturated heterocycles. The van der Waals surface area contributed by atoms with Crippen LogP contribution in [0, 0.1) is 17.0 Å². The fourth-order valence-electron chi connectivity index (χ4n) is 2.44. The summed E-state index contributed by atoms with van der Waals surface area (Å²) in [5.41, 5.74) is 0.976. The summed E-state index contributed by atoms with van der Waals surface area (Å²) in [5.74, 6) is -0.421. The quantitative estimate of drug-likeness (QED) is 0.219. The predicted octanol–water partition coefficient (Wildman–Crippen LogP) is -2.24. The van der Waals surface area contributed by atoms with Gasteiger partial charge in [0.05, 0.1) is 6.61 Å². The highest BCUT2D eigenvalue weighted by molar-refractivity contribution is 5.71. The molecular formula is C13H22N6O6. The number of piperazine rings is 1. The van der Waals surface area contributed by atoms with Crippen LogP contribution < -0.4 is 20.6 Å². The van der Waals surface area contributed by atoms with E-state index in [1.54, 1.807) is 18.6 Å². The van der Waals surface area contributed by atoms with Crippen LogP contribution in [0.5, 0.6) is 0 Å². The fourth-order valence-corrected chi connectivity index (χ4v) is 2.44. The van der Waals surface area contributed by atoms with Gasteiger partial charge in [-0.1, -0.05) is 4.79 Å². The van der Waals surface area contributed by atoms with Gasteiger partial charge in [-0.2, -0.15) is 0 Å². The summed E-state index contributed by atoms with van der Waals surface area (Å²) in [6, 6.07) is 0. The van der Waals surface area contributed by atoms with Crippen molar-refractivity contribution in [1.29, 1.82) is 0 Å². The molecule has 1 aliphatic rings. The Kier molecular flexibility index (Phi) is 6.74. The number of ether oxygens (including phenoxy) is 1. The van der Waals surface area contributed by atoms with Gasteiger partial charge in [-0.05, 0) is 12.2 Å². The monoisotopic (exact) mass is 358 g/mol. The van der Waals surface area contributed by atoms with Crippen LogP contribution in [0.4, 0.5) is 0 Å². The van der Waals surface area contributed by atoms with Crippen molar-refractivity contribution in [2.24, 2.45) is 4.99 Å². The Morgan fingerprint density at radius 3 is 2.80 bits per heavy atom. The van der Waals surface area contributed by atoms with Gasteiger partial charge >= 0.3 is 5.97 Å². The van der Waals surface area contributed by atoms with E-state index < -0.39 is 11.1 Å². The lowest BCUT2D eigenvalue weighted by atomic mass is 10.3. The first-order valence-corrected chi connectivity index (χ1v) is 7.98. The van der Waals surface area contributed by atoms with Crippen molar-refractivity contribution in [3.8, 4) is 0 Å². The van der Waals surface area contributed by atoms with Crippen molar-refractivity contribution in [2.75, 3.05) is 57.5 Å². The molecule has 0 unspecified atom stereocenters. The van der Waals surface area contributed by atoms with Gasteiger partial charge in [0.2, 0.25) is 0 Å². The van der Waals surface area contributed by atoms with Gasteiger partial charge in [-0.3, -0.25) is 9.80 Å². The molecule has 0 aromatic carbocycles. The number of hydrogen-bond donors (Lipinski definition) is 0. The van der Waals surface area contributed by atoms with Crippen LogP contribution in [0.2, 0.25) is 0 Å². The van der Waals surface area contributed by atoms with Gasteiger partial charge in [-0.25, -0.2) is 4.99 Å². The number of aromatic nitrogens is 2. The standard InChI is InChI=1S/C13H22N6O6/c1-3-23-12(20)10-14-13-11(2)18(15-25-13)17-6-4-16(5-7-17)8-9-24-19(21)22/h3-10H2,1-2H3. The van der Waals surface area contributed by atoms with Crippen molar-refractivity contribution in [1.82, 2.24) is 10.2 Å². The van der Waals surface area contributed by atoms with Gasteiger partial charge in [-0.15, -0.1) is 10.1 Å². The number of hydrogen-bond acceptors (Lipinski definition) is 9. The van der Waals surface area contributed by atoms with Crippen LogP contribution >= 0.6 is 0 Å². The van der Waals surface area contributed by atoms with Gasteiger partial charge in [0.25, 0.3) is 16.3 Å². The third-order valence-electron chi connectivity index (χ3n) is 3.69. The van der Waals surface area contributed by atoms with E-state index in [0.29, 0.717) is 31.9 Å². The van der Waals surface area contributed by atoms with Crippen LogP contribution in [0.25, 0.3) is 0 Å². The molecule has 2 heterocycles. The first-order valence-electron chi connectivity index (χ1n) is 7.98. The molecule has 25 heavy (non-hydrogen) atoms. The molecule has 0 saturated carbocycles. The fraction of sp³-hybridized carbons (Fsp3) is 0.769. The van der Waals surface area contributed by atoms with Gasteiger partial charge in [0.1, 0.15) is 13.2 Å². The smallest absolute Gasteiger partial charge is 0.327 e. The number of nitrogens with zero attached hydrogens (tertiary/aromatic N) is 6. The van der Waals surface area contributed by atoms with E-state index >= 15 is 0 Å². The zero-order valence-electron chi connectivity index (χ0n) is 14.3. The minimum absolute atomic E-state index is 0.0556. The van der Waals surface area contributed by atoms with Crippen molar-refractivity contribution < 1.29 is 28.8 Å². The summed E-state index contributed by atoms with van der Waals surface area (Å²) in [4.78, 5) is 33.6. The van der Waals surface area contributed by atoms with Crippen molar-refractivity contribution >= 4 is 5.97 Å². The molecule has 0 radical (unpaired) electrons. The van der Waals surface area contributed by atoms with Crippen LogP contribution in [0.15, 0.2) is 9.52 Å². The minimum Gasteiger partial charge on any atom is -0.465 e. The molecule has 0 N–H and O–H groups in total. The highest BCUT2D eigenvalue weighted by Gasteiger charge is 2.21. The molecular weight excluding hydrogens is 336 g/mol. The molecule has 0 bridgehead atoms. The molecule has 0 spiro atoms. The molecule has 1 fully saturated rings. The first kappa shape index (κ1) is 18.7. The highest BCUT2D eigenvalue weighted by Crippen LogP contribution is 1.97. The molecule has 1 aromatic heterocycles. The molecule has 0 aliphatic carbocycles. The molecule has 140 valence electrons. The molecule has 0 amide bonds. The van der Waals surface area contributed by atoms with Crippen LogP contribution in [0.3, 0.4) is 0 Å². The minimum atomic E-state index is -0.786. The predicted molar refractivity (Wildman–Crippen MR) is 81.4 cm³/mol. The number of carbonyl (C=O) groups is 1. The second-order valence-corrected chi connectivity index (χ2v) is 5.33. The maximum absolute atomic E-state index is 11.3. The summed E-state index contributed by atoms with van der Waals surface area (Å²) in [6.45, 7) is 7.06. The Bertz CT molecular complexity index is 648. The van der Waals surface area contributed by atoms with E-state index in [4.69, 9.17) is 9.26 Å². The lowest BCUT2D eigenvalue weighted by molar-refractivity contribution is -0.769. The summed E-state index contributed by atoms with van der Waals surface area (Å²) in [5, 5.41) is 15.3. The summed E-state index contributed by atoms with van der Waals surface area (Å²) in [7, 11) is 0. The number of rotatable bonds is 8. The topological polar surface area (TPSA) is 129 Å². The van der Waals surface area contributed by atoms with Crippen molar-refractivity contribution in [2.45, 2.75) is 13.8 Å². The SMILES string of the molecule is CCOC(=O)CN=c1o[n-][n+](N2CCN(CCO[N+](=O)[O-])CC2)c1C. The molecule has 1 aliphatic heterocycles. The molecule has 0 atom stereocenters. The van der Waals surface area contributed by atoms with Gasteiger partial charge in [0.15, 0.2) is 0 Å². The Hall–Kier alpha value is -2.63. The van der Waals surface area contributed by atoms with Crippen LogP contribution in [-0.4, -0.2) is 68.4 Å². The van der Waals surface area contributed by atoms with E-state index in [9.17, 15) is 14.9 Å². The molecule has 2 rings (SSSR count). The van der Waals surface area contributed by atoms with E-state index in [0.717, 1.165) is 13.1 Å². The molecule has 12 nitrogen and oxygen atoms in total. The van der Waals surface area contributed by atoms with Crippen LogP contribution in [-0.2, 0) is 14.4 Å². The average molecular weight is 358 g/mol. The molecule has 12 heteroatoms. The van der Waals surface area contributed by atoms with Crippen LogP contribution in [0.1, 0.15) is 12.6 Å². The van der Waals surface area contributed by atoms with E-state index in [2.05, 4.69) is 20.0 Å². The largest absolute Gasteiger partial charge is 0.465 e. The Morgan fingerprint density at radius 1 is 1.44 bits per heavy atom. The third kappa shape index (κ3) is 5.45. The number of esters is 1. The first-order chi connectivity index (χ1) is 12.0. The zero-order chi connectivity index (χ0) is 18.2. The maximum atomic E-state index is 11.3. The average Bonchev–Trinajstić information content (AvgIpc) is 2.94. The summed E-state index contributed by atoms with van der Waals surface area (Å²) < 4.78 is 10.00. The van der Waals surface area contributed by atoms with Gasteiger partial charge in [0, 0.05) is 39.6 Å². The normalized spacial score (nSPS) is 16.1. The Balaban J connectivity index is 1.88. The Labute approximate surface area is 143 Å². The van der Waals surface area contributed by atoms with Crippen molar-refractivity contribution in [3.63, 3.8) is 0 Å². The summed E-state index contributed by atoms with van der Waals surface area (Å²) >= 11 is 0. The maximum Gasteiger partial charge on any atom is 0.327 e. The lowest BCUT2D eigenvalue weighted by Crippen LogP contribution is -2.67. The van der Waals surface area contributed by atoms with Crippen molar-refractivity contribution in [3.05, 3.63) is 21.4 Å². The third-order valence-corrected chi connectivity index (χ3v) is 3.69. The van der Waals surface area contributed by atoms with E-state index in [1.807, 2.05) is 5.01 Å². The second kappa shape index (κ2) is 9.01. The molecule has 1 aromatic rings.